The largest absolute Gasteiger partial charge is 0.393 e. The summed E-state index contributed by atoms with van der Waals surface area (Å²) in [6.45, 7) is 0. The highest BCUT2D eigenvalue weighted by molar-refractivity contribution is 5.05. The molecule has 1 heteroatoms. The molecule has 5 rings (SSSR count). The molecule has 0 radical (unpaired) electrons. The number of aliphatic hydroxyl groups excluding tert-OH is 1. The van der Waals surface area contributed by atoms with Crippen LogP contribution in [-0.2, 0) is 0 Å². The fraction of sp³-hybridized carbons (Fsp3) is 1.00. The molecule has 11 heavy (non-hydrogen) atoms. The van der Waals surface area contributed by atoms with Crippen molar-refractivity contribution in [3.8, 4) is 0 Å². The van der Waals surface area contributed by atoms with Crippen LogP contribution in [0.1, 0.15) is 32.1 Å². The smallest absolute Gasteiger partial charge is 0.0543 e. The summed E-state index contributed by atoms with van der Waals surface area (Å²) in [5, 5.41) is 9.55. The van der Waals surface area contributed by atoms with Gasteiger partial charge >= 0.3 is 0 Å². The Morgan fingerprint density at radius 1 is 0.727 bits per heavy atom. The molecule has 3 unspecified atom stereocenters. The molecule has 1 N–H and O–H groups in total. The van der Waals surface area contributed by atoms with Gasteiger partial charge in [0.2, 0.25) is 0 Å². The lowest BCUT2D eigenvalue weighted by Crippen LogP contribution is -2.37. The zero-order chi connectivity index (χ0) is 7.42. The topological polar surface area (TPSA) is 20.2 Å². The zero-order valence-corrected chi connectivity index (χ0v) is 6.87. The van der Waals surface area contributed by atoms with Crippen LogP contribution in [0.15, 0.2) is 0 Å². The Balaban J connectivity index is 1.85. The van der Waals surface area contributed by atoms with E-state index in [2.05, 4.69) is 0 Å². The Labute approximate surface area is 67.8 Å². The van der Waals surface area contributed by atoms with Gasteiger partial charge in [-0.15, -0.1) is 0 Å². The molecule has 3 atom stereocenters. The third-order valence-electron chi connectivity index (χ3n) is 4.41. The van der Waals surface area contributed by atoms with Gasteiger partial charge in [-0.3, -0.25) is 0 Å². The molecule has 0 aliphatic heterocycles. The van der Waals surface area contributed by atoms with E-state index in [1.165, 1.54) is 19.3 Å². The van der Waals surface area contributed by atoms with E-state index in [4.69, 9.17) is 0 Å². The average molecular weight is 152 g/mol. The molecular formula is C10H16O. The van der Waals surface area contributed by atoms with E-state index in [0.717, 1.165) is 36.5 Å². The summed E-state index contributed by atoms with van der Waals surface area (Å²) in [7, 11) is 0. The van der Waals surface area contributed by atoms with Gasteiger partial charge in [0.1, 0.15) is 0 Å². The van der Waals surface area contributed by atoms with Crippen LogP contribution >= 0.6 is 0 Å². The van der Waals surface area contributed by atoms with Crippen LogP contribution < -0.4 is 0 Å². The van der Waals surface area contributed by atoms with Crippen molar-refractivity contribution < 1.29 is 5.11 Å². The first-order valence-electron chi connectivity index (χ1n) is 5.04. The molecule has 1 nitrogen and oxygen atoms in total. The fourth-order valence-corrected chi connectivity index (χ4v) is 3.96. The van der Waals surface area contributed by atoms with Crippen molar-refractivity contribution in [3.63, 3.8) is 0 Å². The maximum atomic E-state index is 9.55. The van der Waals surface area contributed by atoms with Gasteiger partial charge in [-0.25, -0.2) is 0 Å². The average Bonchev–Trinajstić information content (AvgIpc) is 2.49. The Hall–Kier alpha value is -0.0400. The number of aliphatic hydroxyl groups is 1. The summed E-state index contributed by atoms with van der Waals surface area (Å²) in [6.07, 6.45) is 6.56. The lowest BCUT2D eigenvalue weighted by atomic mass is 9.62. The minimum Gasteiger partial charge on any atom is -0.393 e. The van der Waals surface area contributed by atoms with E-state index in [-0.39, 0.29) is 6.10 Å². The molecule has 62 valence electrons. The Morgan fingerprint density at radius 2 is 1.27 bits per heavy atom. The van der Waals surface area contributed by atoms with Crippen molar-refractivity contribution >= 4 is 0 Å². The molecule has 5 aliphatic rings. The highest BCUT2D eigenvalue weighted by Gasteiger charge is 2.56. The summed E-state index contributed by atoms with van der Waals surface area (Å²) in [5.74, 6) is 4.06. The van der Waals surface area contributed by atoms with E-state index >= 15 is 0 Å². The number of fused-ring (bicyclic) bond motifs is 4. The Kier molecular flexibility index (Phi) is 1.18. The Bertz CT molecular complexity index is 166. The van der Waals surface area contributed by atoms with Gasteiger partial charge < -0.3 is 5.11 Å². The van der Waals surface area contributed by atoms with Crippen molar-refractivity contribution in [2.45, 2.75) is 38.2 Å². The number of rotatable bonds is 0. The molecule has 5 fully saturated rings. The van der Waals surface area contributed by atoms with Crippen LogP contribution in [0.5, 0.6) is 0 Å². The van der Waals surface area contributed by atoms with Crippen molar-refractivity contribution in [3.05, 3.63) is 0 Å². The second kappa shape index (κ2) is 2.01. The summed E-state index contributed by atoms with van der Waals surface area (Å²) in [6, 6.07) is 0. The molecule has 5 aliphatic carbocycles. The third kappa shape index (κ3) is 0.703. The maximum Gasteiger partial charge on any atom is 0.0543 e. The normalized spacial score (nSPS) is 60.3. The van der Waals surface area contributed by atoms with Gasteiger partial charge in [-0.1, -0.05) is 0 Å². The van der Waals surface area contributed by atoms with Crippen LogP contribution in [0.4, 0.5) is 0 Å². The quantitative estimate of drug-likeness (QED) is 0.561. The monoisotopic (exact) mass is 152 g/mol. The first kappa shape index (κ1) is 6.47. The molecule has 5 saturated carbocycles. The van der Waals surface area contributed by atoms with Crippen molar-refractivity contribution in [2.75, 3.05) is 0 Å². The molecule has 0 aromatic carbocycles. The molecule has 0 amide bonds. The highest BCUT2D eigenvalue weighted by Crippen LogP contribution is 2.62. The second-order valence-electron chi connectivity index (χ2n) is 4.70. The van der Waals surface area contributed by atoms with Gasteiger partial charge in [-0.05, 0) is 55.8 Å². The van der Waals surface area contributed by atoms with E-state index < -0.39 is 0 Å². The number of hydrogen-bond acceptors (Lipinski definition) is 1. The predicted molar refractivity (Wildman–Crippen MR) is 43.1 cm³/mol. The van der Waals surface area contributed by atoms with Crippen LogP contribution in [0.3, 0.4) is 0 Å². The van der Waals surface area contributed by atoms with Gasteiger partial charge in [0.15, 0.2) is 0 Å². The van der Waals surface area contributed by atoms with Gasteiger partial charge in [-0.2, -0.15) is 0 Å². The molecule has 0 saturated heterocycles. The third-order valence-corrected chi connectivity index (χ3v) is 4.41. The lowest BCUT2D eigenvalue weighted by Gasteiger charge is -2.42. The fourth-order valence-electron chi connectivity index (χ4n) is 3.96. The first-order valence-corrected chi connectivity index (χ1v) is 5.04. The Morgan fingerprint density at radius 3 is 2.00 bits per heavy atom. The van der Waals surface area contributed by atoms with E-state index in [1.807, 2.05) is 0 Å². The minimum atomic E-state index is 0.0515. The van der Waals surface area contributed by atoms with E-state index in [0.29, 0.717) is 0 Å². The second-order valence-corrected chi connectivity index (χ2v) is 4.70. The van der Waals surface area contributed by atoms with Crippen LogP contribution in [0.2, 0.25) is 0 Å². The SMILES string of the molecule is OC1CCC2C3CCC2C3C1. The van der Waals surface area contributed by atoms with E-state index in [1.54, 1.807) is 0 Å². The molecule has 0 spiro atoms. The lowest BCUT2D eigenvalue weighted by molar-refractivity contribution is 0.0415. The summed E-state index contributed by atoms with van der Waals surface area (Å²) in [4.78, 5) is 0. The van der Waals surface area contributed by atoms with Crippen LogP contribution in [-0.4, -0.2) is 11.2 Å². The first-order chi connectivity index (χ1) is 5.36. The summed E-state index contributed by atoms with van der Waals surface area (Å²) < 4.78 is 0. The predicted octanol–water partition coefficient (Wildman–Crippen LogP) is 1.80. The maximum absolute atomic E-state index is 9.55. The van der Waals surface area contributed by atoms with Crippen LogP contribution in [0.25, 0.3) is 0 Å². The standard InChI is InChI=1S/C10H16O/c11-6-1-2-7-8-3-4-9(7)10(8)5-6/h6-11H,1-5H2. The van der Waals surface area contributed by atoms with Gasteiger partial charge in [0, 0.05) is 0 Å². The van der Waals surface area contributed by atoms with Gasteiger partial charge in [0.25, 0.3) is 0 Å². The molecule has 4 bridgehead atoms. The highest BCUT2D eigenvalue weighted by atomic mass is 16.3. The molecular weight excluding hydrogens is 136 g/mol. The van der Waals surface area contributed by atoms with Gasteiger partial charge in [0.05, 0.1) is 6.10 Å². The summed E-state index contributed by atoms with van der Waals surface area (Å²) in [5.41, 5.74) is 0. The van der Waals surface area contributed by atoms with Crippen molar-refractivity contribution in [1.82, 2.24) is 0 Å². The van der Waals surface area contributed by atoms with E-state index in [9.17, 15) is 5.11 Å². The van der Waals surface area contributed by atoms with Crippen molar-refractivity contribution in [1.29, 1.82) is 0 Å². The molecule has 0 aromatic heterocycles. The summed E-state index contributed by atoms with van der Waals surface area (Å²) >= 11 is 0. The molecule has 0 aromatic rings. The minimum absolute atomic E-state index is 0.0515. The van der Waals surface area contributed by atoms with Crippen LogP contribution in [0, 0.1) is 23.7 Å². The van der Waals surface area contributed by atoms with Crippen molar-refractivity contribution in [2.24, 2.45) is 23.7 Å². The number of hydrogen-bond donors (Lipinski definition) is 1. The zero-order valence-electron chi connectivity index (χ0n) is 6.87. The molecule has 0 heterocycles.